The van der Waals surface area contributed by atoms with E-state index in [0.29, 0.717) is 5.56 Å². The normalized spacial score (nSPS) is 15.9. The molecular formula is C22H24FN3O. The molecule has 0 N–H and O–H groups in total. The molecule has 0 unspecified atom stereocenters. The molecule has 0 radical (unpaired) electrons. The molecule has 1 aromatic carbocycles. The van der Waals surface area contributed by atoms with Crippen LogP contribution in [0.5, 0.6) is 0 Å². The lowest BCUT2D eigenvalue weighted by atomic mass is 9.91. The Bertz CT molecular complexity index is 959. The minimum atomic E-state index is -0.363. The van der Waals surface area contributed by atoms with E-state index in [1.807, 2.05) is 40.6 Å². The second-order valence-corrected chi connectivity index (χ2v) is 7.29. The fourth-order valence-electron chi connectivity index (χ4n) is 4.01. The molecule has 0 spiro atoms. The van der Waals surface area contributed by atoms with E-state index in [4.69, 9.17) is 0 Å². The molecule has 1 aliphatic rings. The topological polar surface area (TPSA) is 37.6 Å². The van der Waals surface area contributed by atoms with Crippen LogP contribution in [0.15, 0.2) is 48.8 Å². The number of carbonyl (C=O) groups is 1. The number of fused-ring (bicyclic) bond motifs is 1. The number of rotatable bonds is 4. The van der Waals surface area contributed by atoms with Crippen LogP contribution in [-0.2, 0) is 4.79 Å². The van der Waals surface area contributed by atoms with Crippen LogP contribution in [-0.4, -0.2) is 33.3 Å². The maximum absolute atomic E-state index is 14.6. The second-order valence-electron chi connectivity index (χ2n) is 7.29. The fraction of sp³-hybridized carbons (Fsp3) is 0.364. The molecule has 0 saturated carbocycles. The summed E-state index contributed by atoms with van der Waals surface area (Å²) in [6, 6.07) is 10.7. The van der Waals surface area contributed by atoms with Gasteiger partial charge >= 0.3 is 0 Å². The molecule has 1 amide bonds. The van der Waals surface area contributed by atoms with Gasteiger partial charge in [0.2, 0.25) is 5.91 Å². The van der Waals surface area contributed by atoms with Crippen molar-refractivity contribution in [2.75, 3.05) is 13.1 Å². The van der Waals surface area contributed by atoms with Crippen molar-refractivity contribution in [3.63, 3.8) is 0 Å². The summed E-state index contributed by atoms with van der Waals surface area (Å²) >= 11 is 0. The van der Waals surface area contributed by atoms with E-state index in [2.05, 4.69) is 4.98 Å². The Morgan fingerprint density at radius 1 is 1.15 bits per heavy atom. The van der Waals surface area contributed by atoms with Gasteiger partial charge in [0, 0.05) is 37.8 Å². The lowest BCUT2D eigenvalue weighted by Crippen LogP contribution is -2.36. The highest BCUT2D eigenvalue weighted by atomic mass is 19.1. The van der Waals surface area contributed by atoms with Crippen LogP contribution in [0.1, 0.15) is 48.4 Å². The average Bonchev–Trinajstić information content (AvgIpc) is 3.13. The number of imidazole rings is 1. The van der Waals surface area contributed by atoms with Gasteiger partial charge in [-0.15, -0.1) is 0 Å². The molecule has 3 heterocycles. The first-order valence-electron chi connectivity index (χ1n) is 9.60. The second kappa shape index (κ2) is 7.51. The Morgan fingerprint density at radius 2 is 1.93 bits per heavy atom. The van der Waals surface area contributed by atoms with Gasteiger partial charge in [0.1, 0.15) is 11.5 Å². The maximum Gasteiger partial charge on any atom is 0.223 e. The zero-order valence-electron chi connectivity index (χ0n) is 15.6. The van der Waals surface area contributed by atoms with Gasteiger partial charge < -0.3 is 9.30 Å². The van der Waals surface area contributed by atoms with Crippen molar-refractivity contribution in [1.82, 2.24) is 14.3 Å². The molecule has 0 aliphatic carbocycles. The van der Waals surface area contributed by atoms with E-state index in [0.717, 1.165) is 42.8 Å². The number of nitrogens with zero attached hydrogens (tertiary/aromatic N) is 3. The van der Waals surface area contributed by atoms with Gasteiger partial charge in [-0.25, -0.2) is 9.37 Å². The van der Waals surface area contributed by atoms with Crippen molar-refractivity contribution in [3.8, 4) is 0 Å². The van der Waals surface area contributed by atoms with Gasteiger partial charge in [0.25, 0.3) is 0 Å². The number of pyridine rings is 1. The summed E-state index contributed by atoms with van der Waals surface area (Å²) in [5.74, 6) is -0.556. The molecule has 4 nitrogen and oxygen atoms in total. The zero-order chi connectivity index (χ0) is 18.8. The summed E-state index contributed by atoms with van der Waals surface area (Å²) in [6.45, 7) is 3.60. The number of carbonyl (C=O) groups excluding carboxylic acids is 1. The number of aryl methyl sites for hydroxylation is 1. The molecule has 4 rings (SSSR count). The summed E-state index contributed by atoms with van der Waals surface area (Å²) in [5, 5.41) is 0. The predicted molar refractivity (Wildman–Crippen MR) is 103 cm³/mol. The third kappa shape index (κ3) is 3.46. The van der Waals surface area contributed by atoms with E-state index in [-0.39, 0.29) is 24.1 Å². The number of halogens is 1. The first kappa shape index (κ1) is 17.7. The van der Waals surface area contributed by atoms with Gasteiger partial charge in [-0.05, 0) is 49.4 Å². The molecule has 1 atom stereocenters. The van der Waals surface area contributed by atoms with E-state index >= 15 is 0 Å². The fourth-order valence-corrected chi connectivity index (χ4v) is 4.01. The lowest BCUT2D eigenvalue weighted by molar-refractivity contribution is -0.132. The van der Waals surface area contributed by atoms with Crippen molar-refractivity contribution < 1.29 is 9.18 Å². The van der Waals surface area contributed by atoms with E-state index in [1.54, 1.807) is 18.3 Å². The third-order valence-electron chi connectivity index (χ3n) is 5.48. The number of aromatic nitrogens is 2. The first-order valence-corrected chi connectivity index (χ1v) is 9.60. The highest BCUT2D eigenvalue weighted by molar-refractivity contribution is 5.78. The van der Waals surface area contributed by atoms with Crippen molar-refractivity contribution >= 4 is 11.6 Å². The van der Waals surface area contributed by atoms with Crippen molar-refractivity contribution in [1.29, 1.82) is 0 Å². The monoisotopic (exact) mass is 365 g/mol. The van der Waals surface area contributed by atoms with Gasteiger partial charge in [-0.2, -0.15) is 0 Å². The number of hydrogen-bond donors (Lipinski definition) is 0. The SMILES string of the molecule is Cc1cccn2c([C@H](CC(=O)N3CCCCC3)c3ccccc3F)cnc12. The van der Waals surface area contributed by atoms with Crippen molar-refractivity contribution in [3.05, 3.63) is 71.4 Å². The Hall–Kier alpha value is -2.69. The van der Waals surface area contributed by atoms with Crippen LogP contribution in [0.25, 0.3) is 5.65 Å². The average molecular weight is 365 g/mol. The summed E-state index contributed by atoms with van der Waals surface area (Å²) in [4.78, 5) is 19.4. The smallest absolute Gasteiger partial charge is 0.223 e. The maximum atomic E-state index is 14.6. The van der Waals surface area contributed by atoms with E-state index < -0.39 is 0 Å². The molecule has 27 heavy (non-hydrogen) atoms. The van der Waals surface area contributed by atoms with Gasteiger partial charge in [0.15, 0.2) is 0 Å². The standard InChI is InChI=1S/C22H24FN3O/c1-16-8-7-13-26-20(15-24-22(16)26)18(17-9-3-4-10-19(17)23)14-21(27)25-11-5-2-6-12-25/h3-4,7-10,13,15,18H,2,5-6,11-12,14H2,1H3/t18-/m1/s1. The lowest BCUT2D eigenvalue weighted by Gasteiger charge is -2.28. The minimum absolute atomic E-state index is 0.0885. The van der Waals surface area contributed by atoms with Crippen LogP contribution in [0.4, 0.5) is 4.39 Å². The van der Waals surface area contributed by atoms with Crippen LogP contribution in [0.2, 0.25) is 0 Å². The highest BCUT2D eigenvalue weighted by Gasteiger charge is 2.27. The van der Waals surface area contributed by atoms with Gasteiger partial charge in [-0.3, -0.25) is 4.79 Å². The van der Waals surface area contributed by atoms with Crippen LogP contribution < -0.4 is 0 Å². The summed E-state index contributed by atoms with van der Waals surface area (Å²) in [6.07, 6.45) is 7.23. The van der Waals surface area contributed by atoms with Gasteiger partial charge in [0.05, 0.1) is 5.69 Å². The van der Waals surface area contributed by atoms with Crippen molar-refractivity contribution in [2.24, 2.45) is 0 Å². The number of piperidine rings is 1. The number of benzene rings is 1. The van der Waals surface area contributed by atoms with Crippen molar-refractivity contribution in [2.45, 2.75) is 38.5 Å². The third-order valence-corrected chi connectivity index (χ3v) is 5.48. The molecule has 1 fully saturated rings. The Kier molecular flexibility index (Phi) is 4.92. The molecule has 140 valence electrons. The predicted octanol–water partition coefficient (Wildman–Crippen LogP) is 4.32. The zero-order valence-corrected chi connectivity index (χ0v) is 15.6. The van der Waals surface area contributed by atoms with Crippen LogP contribution in [0.3, 0.4) is 0 Å². The quantitative estimate of drug-likeness (QED) is 0.691. The van der Waals surface area contributed by atoms with E-state index in [9.17, 15) is 9.18 Å². The number of likely N-dealkylation sites (tertiary alicyclic amines) is 1. The first-order chi connectivity index (χ1) is 13.1. The van der Waals surface area contributed by atoms with Crippen LogP contribution in [0, 0.1) is 12.7 Å². The van der Waals surface area contributed by atoms with E-state index in [1.165, 1.54) is 12.5 Å². The molecule has 5 heteroatoms. The summed E-state index contributed by atoms with van der Waals surface area (Å²) in [5.41, 5.74) is 3.30. The Labute approximate surface area is 158 Å². The molecular weight excluding hydrogens is 341 g/mol. The number of amides is 1. The minimum Gasteiger partial charge on any atom is -0.343 e. The Morgan fingerprint density at radius 3 is 2.70 bits per heavy atom. The summed E-state index contributed by atoms with van der Waals surface area (Å²) in [7, 11) is 0. The molecule has 2 aromatic heterocycles. The summed E-state index contributed by atoms with van der Waals surface area (Å²) < 4.78 is 16.6. The largest absolute Gasteiger partial charge is 0.343 e. The molecule has 3 aromatic rings. The molecule has 0 bridgehead atoms. The molecule has 1 saturated heterocycles. The van der Waals surface area contributed by atoms with Gasteiger partial charge in [-0.1, -0.05) is 24.3 Å². The number of hydrogen-bond acceptors (Lipinski definition) is 2. The Balaban J connectivity index is 1.75. The molecule has 1 aliphatic heterocycles. The van der Waals surface area contributed by atoms with Crippen LogP contribution >= 0.6 is 0 Å². The highest BCUT2D eigenvalue weighted by Crippen LogP contribution is 2.32.